The number of hydrogen-bond donors (Lipinski definition) is 0. The minimum absolute atomic E-state index is 0.00281. The molecule has 40 heavy (non-hydrogen) atoms. The van der Waals surface area contributed by atoms with Crippen LogP contribution in [0.5, 0.6) is 0 Å². The third kappa shape index (κ3) is 5.64. The van der Waals surface area contributed by atoms with Gasteiger partial charge in [-0.25, -0.2) is 4.39 Å². The van der Waals surface area contributed by atoms with Crippen molar-refractivity contribution in [2.75, 3.05) is 32.8 Å². The Hall–Kier alpha value is -2.88. The second-order valence-corrected chi connectivity index (χ2v) is 11.7. The number of aromatic nitrogens is 3. The van der Waals surface area contributed by atoms with E-state index in [1.165, 1.54) is 17.7 Å². The van der Waals surface area contributed by atoms with Crippen LogP contribution < -0.4 is 0 Å². The van der Waals surface area contributed by atoms with E-state index in [1.807, 2.05) is 32.1 Å². The summed E-state index contributed by atoms with van der Waals surface area (Å²) in [5.74, 6) is 1.03. The molecule has 0 spiro atoms. The van der Waals surface area contributed by atoms with E-state index in [-0.39, 0.29) is 18.2 Å². The minimum atomic E-state index is -0.431. The van der Waals surface area contributed by atoms with Crippen molar-refractivity contribution in [1.29, 1.82) is 0 Å². The molecule has 2 aliphatic rings. The van der Waals surface area contributed by atoms with Crippen LogP contribution in [0.25, 0.3) is 16.8 Å². The second kappa shape index (κ2) is 11.9. The Balaban J connectivity index is 1.45. The van der Waals surface area contributed by atoms with E-state index in [1.54, 1.807) is 11.0 Å². The summed E-state index contributed by atoms with van der Waals surface area (Å²) in [6.07, 6.45) is 3.99. The number of amides is 1. The summed E-state index contributed by atoms with van der Waals surface area (Å²) in [5.41, 5.74) is 3.67. The summed E-state index contributed by atoms with van der Waals surface area (Å²) in [6, 6.07) is 7.06. The van der Waals surface area contributed by atoms with Gasteiger partial charge in [0, 0.05) is 49.4 Å². The highest BCUT2D eigenvalue weighted by molar-refractivity contribution is 6.02. The van der Waals surface area contributed by atoms with Gasteiger partial charge in [-0.15, -0.1) is 10.2 Å². The first-order valence-electron chi connectivity index (χ1n) is 14.6. The number of pyridine rings is 1. The summed E-state index contributed by atoms with van der Waals surface area (Å²) in [6.45, 7) is 16.2. The van der Waals surface area contributed by atoms with Gasteiger partial charge in [-0.3, -0.25) is 14.1 Å². The zero-order valence-electron chi connectivity index (χ0n) is 24.6. The lowest BCUT2D eigenvalue weighted by atomic mass is 9.85. The number of halogens is 1. The standard InChI is InChI=1S/C31H42FN5O3/c1-7-36(20(4)5)31(38)27-15-24(32)8-9-25(27)26-14-22(18-37-21(6)33-34-30(26)37)23-16-35(17-23)28(19(2)3)10-11-29-39-12-13-40-29/h8-9,14-15,18-20,23,28-29H,7,10-13,16-17H2,1-6H3/t28-/m1/s1. The average Bonchev–Trinajstić information content (AvgIpc) is 3.54. The molecule has 0 N–H and O–H groups in total. The molecule has 1 amide bonds. The Morgan fingerprint density at radius 2 is 1.82 bits per heavy atom. The monoisotopic (exact) mass is 551 g/mol. The molecule has 0 unspecified atom stereocenters. The van der Waals surface area contributed by atoms with Crippen molar-refractivity contribution >= 4 is 11.6 Å². The predicted octanol–water partition coefficient (Wildman–Crippen LogP) is 5.29. The fourth-order valence-electron chi connectivity index (χ4n) is 6.19. The van der Waals surface area contributed by atoms with Crippen LogP contribution in [-0.2, 0) is 9.47 Å². The maximum absolute atomic E-state index is 14.5. The fraction of sp³-hybridized carbons (Fsp3) is 0.581. The van der Waals surface area contributed by atoms with Crippen molar-refractivity contribution in [2.24, 2.45) is 5.92 Å². The van der Waals surface area contributed by atoms with Crippen LogP contribution in [0.3, 0.4) is 0 Å². The lowest BCUT2D eigenvalue weighted by molar-refractivity contribution is -0.0564. The average molecular weight is 552 g/mol. The number of carbonyl (C=O) groups excluding carboxylic acids is 1. The van der Waals surface area contributed by atoms with Gasteiger partial charge in [0.1, 0.15) is 11.6 Å². The van der Waals surface area contributed by atoms with E-state index in [2.05, 4.69) is 41.2 Å². The molecule has 5 rings (SSSR count). The fourth-order valence-corrected chi connectivity index (χ4v) is 6.19. The topological polar surface area (TPSA) is 72.2 Å². The number of likely N-dealkylation sites (tertiary alicyclic amines) is 1. The number of rotatable bonds is 10. The van der Waals surface area contributed by atoms with Gasteiger partial charge in [-0.2, -0.15) is 0 Å². The Morgan fingerprint density at radius 3 is 2.48 bits per heavy atom. The lowest BCUT2D eigenvalue weighted by Gasteiger charge is -2.46. The molecule has 1 aromatic carbocycles. The zero-order chi connectivity index (χ0) is 28.6. The first-order valence-corrected chi connectivity index (χ1v) is 14.6. The summed E-state index contributed by atoms with van der Waals surface area (Å²) in [4.78, 5) is 17.9. The molecule has 2 fully saturated rings. The SMILES string of the molecule is CCN(C(=O)c1cc(F)ccc1-c1cc(C2CN([C@H](CCC3OCCO3)C(C)C)C2)cn2c(C)nnc12)C(C)C. The van der Waals surface area contributed by atoms with Crippen LogP contribution in [-0.4, -0.2) is 81.5 Å². The summed E-state index contributed by atoms with van der Waals surface area (Å²) in [7, 11) is 0. The maximum atomic E-state index is 14.5. The zero-order valence-corrected chi connectivity index (χ0v) is 24.6. The quantitative estimate of drug-likeness (QED) is 0.341. The largest absolute Gasteiger partial charge is 0.350 e. The van der Waals surface area contributed by atoms with E-state index in [0.29, 0.717) is 54.4 Å². The smallest absolute Gasteiger partial charge is 0.254 e. The van der Waals surface area contributed by atoms with E-state index < -0.39 is 5.82 Å². The Bertz CT molecular complexity index is 1340. The normalized spacial score (nSPS) is 17.7. The number of nitrogens with zero attached hydrogens (tertiary/aromatic N) is 5. The summed E-state index contributed by atoms with van der Waals surface area (Å²) < 4.78 is 27.8. The second-order valence-electron chi connectivity index (χ2n) is 11.7. The van der Waals surface area contributed by atoms with Gasteiger partial charge in [0.15, 0.2) is 11.9 Å². The number of ether oxygens (including phenoxy) is 2. The molecule has 0 aliphatic carbocycles. The molecule has 2 saturated heterocycles. The van der Waals surface area contributed by atoms with Crippen LogP contribution in [0.2, 0.25) is 0 Å². The number of fused-ring (bicyclic) bond motifs is 1. The molecule has 9 heteroatoms. The molecule has 3 aromatic rings. The van der Waals surface area contributed by atoms with Gasteiger partial charge in [0.25, 0.3) is 5.91 Å². The first kappa shape index (κ1) is 28.6. The predicted molar refractivity (Wildman–Crippen MR) is 153 cm³/mol. The number of aryl methyl sites for hydroxylation is 1. The van der Waals surface area contributed by atoms with E-state index in [0.717, 1.165) is 37.3 Å². The van der Waals surface area contributed by atoms with Crippen molar-refractivity contribution in [2.45, 2.75) is 78.7 Å². The number of carbonyl (C=O) groups is 1. The molecule has 216 valence electrons. The van der Waals surface area contributed by atoms with Crippen LogP contribution >= 0.6 is 0 Å². The molecule has 8 nitrogen and oxygen atoms in total. The minimum Gasteiger partial charge on any atom is -0.350 e. The van der Waals surface area contributed by atoms with Crippen molar-refractivity contribution < 1.29 is 18.7 Å². The van der Waals surface area contributed by atoms with Gasteiger partial charge in [0.05, 0.1) is 18.8 Å². The molecule has 2 aliphatic heterocycles. The molecule has 1 atom stereocenters. The van der Waals surface area contributed by atoms with Crippen molar-refractivity contribution in [1.82, 2.24) is 24.4 Å². The highest BCUT2D eigenvalue weighted by Crippen LogP contribution is 2.37. The maximum Gasteiger partial charge on any atom is 0.254 e. The van der Waals surface area contributed by atoms with E-state index in [4.69, 9.17) is 9.47 Å². The Labute approximate surface area is 236 Å². The first-order chi connectivity index (χ1) is 19.2. The number of hydrogen-bond acceptors (Lipinski definition) is 6. The molecule has 4 heterocycles. The van der Waals surface area contributed by atoms with Crippen LogP contribution in [0.15, 0.2) is 30.5 Å². The van der Waals surface area contributed by atoms with Crippen molar-refractivity contribution in [3.8, 4) is 11.1 Å². The van der Waals surface area contributed by atoms with E-state index in [9.17, 15) is 9.18 Å². The molecule has 0 saturated carbocycles. The molecule has 0 bridgehead atoms. The van der Waals surface area contributed by atoms with Crippen molar-refractivity contribution in [3.05, 3.63) is 53.2 Å². The van der Waals surface area contributed by atoms with Gasteiger partial charge in [-0.05, 0) is 75.8 Å². The molecule has 2 aromatic heterocycles. The molecular formula is C31H42FN5O3. The van der Waals surface area contributed by atoms with E-state index >= 15 is 0 Å². The van der Waals surface area contributed by atoms with Crippen LogP contribution in [0.1, 0.15) is 75.1 Å². The number of benzene rings is 1. The van der Waals surface area contributed by atoms with Gasteiger partial charge >= 0.3 is 0 Å². The van der Waals surface area contributed by atoms with Gasteiger partial charge in [0.2, 0.25) is 0 Å². The highest BCUT2D eigenvalue weighted by atomic mass is 19.1. The van der Waals surface area contributed by atoms with Gasteiger partial charge < -0.3 is 14.4 Å². The van der Waals surface area contributed by atoms with Crippen LogP contribution in [0.4, 0.5) is 4.39 Å². The highest BCUT2D eigenvalue weighted by Gasteiger charge is 2.36. The Kier molecular flexibility index (Phi) is 8.54. The Morgan fingerprint density at radius 1 is 1.10 bits per heavy atom. The summed E-state index contributed by atoms with van der Waals surface area (Å²) >= 11 is 0. The lowest BCUT2D eigenvalue weighted by Crippen LogP contribution is -2.52. The third-order valence-electron chi connectivity index (χ3n) is 8.43. The van der Waals surface area contributed by atoms with Crippen molar-refractivity contribution in [3.63, 3.8) is 0 Å². The van der Waals surface area contributed by atoms with Gasteiger partial charge in [-0.1, -0.05) is 19.9 Å². The third-order valence-corrected chi connectivity index (χ3v) is 8.43. The van der Waals surface area contributed by atoms with Crippen LogP contribution in [0, 0.1) is 18.7 Å². The molecular weight excluding hydrogens is 509 g/mol. The summed E-state index contributed by atoms with van der Waals surface area (Å²) in [5, 5.41) is 8.79. The molecule has 0 radical (unpaired) electrons.